The Bertz CT molecular complexity index is 411. The van der Waals surface area contributed by atoms with E-state index in [1.807, 2.05) is 0 Å². The monoisotopic (exact) mass is 222 g/mol. The summed E-state index contributed by atoms with van der Waals surface area (Å²) in [5, 5.41) is 18.0. The van der Waals surface area contributed by atoms with Gasteiger partial charge in [0.05, 0.1) is 11.2 Å². The molecule has 0 saturated carbocycles. The Kier molecular flexibility index (Phi) is 2.60. The maximum atomic E-state index is 10.6. The molecule has 0 bridgehead atoms. The molecule has 1 aromatic rings. The smallest absolute Gasteiger partial charge is 0.311 e. The van der Waals surface area contributed by atoms with Crippen molar-refractivity contribution >= 4 is 20.2 Å². The maximum absolute atomic E-state index is 10.6. The summed E-state index contributed by atoms with van der Waals surface area (Å²) in [5.41, 5.74) is 0. The molecule has 0 amide bonds. The second-order valence-corrected chi connectivity index (χ2v) is 4.45. The van der Waals surface area contributed by atoms with Gasteiger partial charge in [-0.25, -0.2) is 0 Å². The number of hydrogen-bond donors (Lipinski definition) is 3. The molecule has 0 aliphatic rings. The predicted octanol–water partition coefficient (Wildman–Crippen LogP) is 0.611. The molecule has 0 spiro atoms. The van der Waals surface area contributed by atoms with Crippen molar-refractivity contribution in [2.45, 2.75) is 0 Å². The molecule has 0 aliphatic carbocycles. The first-order valence-corrected chi connectivity index (χ1v) is 5.44. The Morgan fingerprint density at radius 1 is 1.38 bits per heavy atom. The maximum Gasteiger partial charge on any atom is 0.311 e. The average Bonchev–Trinajstić information content (AvgIpc) is 1.94. The molecule has 13 heavy (non-hydrogen) atoms. The van der Waals surface area contributed by atoms with Gasteiger partial charge in [0.1, 0.15) is 5.75 Å². The summed E-state index contributed by atoms with van der Waals surface area (Å²) in [6.07, 6.45) is 0. The Balaban J connectivity index is 3.08. The Hall–Kier alpha value is -1.05. The number of aromatic hydroxyl groups is 2. The second-order valence-electron chi connectivity index (χ2n) is 2.16. The molecular formula is C6H6O5S2. The number of rotatable bonds is 2. The standard InChI is InChI=1S/C6H6O5S2/c7-4-1-2-5(8)6(3-4)11-13(9,10)12/h1-3,7-8H,(H,9,10,12). The van der Waals surface area contributed by atoms with E-state index in [0.29, 0.717) is 0 Å². The third-order valence-corrected chi connectivity index (χ3v) is 1.73. The van der Waals surface area contributed by atoms with E-state index in [2.05, 4.69) is 15.4 Å². The largest absolute Gasteiger partial charge is 0.508 e. The quantitative estimate of drug-likeness (QED) is 0.635. The van der Waals surface area contributed by atoms with Crippen LogP contribution in [0.5, 0.6) is 17.2 Å². The van der Waals surface area contributed by atoms with E-state index in [4.69, 9.17) is 14.8 Å². The first kappa shape index (κ1) is 10.0. The fraction of sp³-hybridized carbons (Fsp3) is 0. The van der Waals surface area contributed by atoms with Crippen molar-refractivity contribution < 1.29 is 23.2 Å². The van der Waals surface area contributed by atoms with Crippen molar-refractivity contribution in [2.24, 2.45) is 0 Å². The SMILES string of the molecule is O=S(O)(=S)Oc1cc(O)ccc1O. The van der Waals surface area contributed by atoms with E-state index in [0.717, 1.165) is 12.1 Å². The minimum atomic E-state index is -3.85. The number of phenols is 2. The topological polar surface area (TPSA) is 87.0 Å². The van der Waals surface area contributed by atoms with Crippen molar-refractivity contribution in [3.63, 3.8) is 0 Å². The Morgan fingerprint density at radius 3 is 2.54 bits per heavy atom. The van der Waals surface area contributed by atoms with E-state index < -0.39 is 9.05 Å². The van der Waals surface area contributed by atoms with Gasteiger partial charge in [-0.05, 0) is 12.1 Å². The zero-order valence-electron chi connectivity index (χ0n) is 6.21. The van der Waals surface area contributed by atoms with Gasteiger partial charge in [-0.1, -0.05) is 0 Å². The molecule has 7 heteroatoms. The average molecular weight is 222 g/mol. The second kappa shape index (κ2) is 3.36. The summed E-state index contributed by atoms with van der Waals surface area (Å²) in [4.78, 5) is 0. The summed E-state index contributed by atoms with van der Waals surface area (Å²) in [7, 11) is -3.85. The first-order valence-electron chi connectivity index (χ1n) is 3.07. The van der Waals surface area contributed by atoms with Gasteiger partial charge in [0.15, 0.2) is 11.5 Å². The van der Waals surface area contributed by atoms with Crippen molar-refractivity contribution in [2.75, 3.05) is 0 Å². The van der Waals surface area contributed by atoms with Gasteiger partial charge < -0.3 is 14.4 Å². The minimum Gasteiger partial charge on any atom is -0.508 e. The van der Waals surface area contributed by atoms with Crippen LogP contribution in [0.25, 0.3) is 0 Å². The van der Waals surface area contributed by atoms with Crippen molar-refractivity contribution in [1.82, 2.24) is 0 Å². The number of phenolic OH excluding ortho intramolecular Hbond substituents is 2. The zero-order valence-corrected chi connectivity index (χ0v) is 7.84. The van der Waals surface area contributed by atoms with E-state index in [1.165, 1.54) is 6.07 Å². The molecule has 3 N–H and O–H groups in total. The molecule has 5 nitrogen and oxygen atoms in total. The lowest BCUT2D eigenvalue weighted by molar-refractivity contribution is 0.410. The summed E-state index contributed by atoms with van der Waals surface area (Å²) < 4.78 is 23.5. The van der Waals surface area contributed by atoms with Crippen LogP contribution in [0.1, 0.15) is 0 Å². The van der Waals surface area contributed by atoms with Crippen LogP contribution in [0.2, 0.25) is 0 Å². The molecule has 72 valence electrons. The van der Waals surface area contributed by atoms with Crippen molar-refractivity contribution in [3.8, 4) is 17.2 Å². The highest BCUT2D eigenvalue weighted by atomic mass is 32.9. The highest BCUT2D eigenvalue weighted by Crippen LogP contribution is 2.30. The van der Waals surface area contributed by atoms with Crippen LogP contribution in [0, 0.1) is 0 Å². The molecule has 1 rings (SSSR count). The van der Waals surface area contributed by atoms with Gasteiger partial charge in [-0.3, -0.25) is 4.55 Å². The zero-order chi connectivity index (χ0) is 10.1. The van der Waals surface area contributed by atoms with Gasteiger partial charge >= 0.3 is 9.05 Å². The van der Waals surface area contributed by atoms with Crippen molar-refractivity contribution in [1.29, 1.82) is 0 Å². The lowest BCUT2D eigenvalue weighted by atomic mass is 10.3. The lowest BCUT2D eigenvalue weighted by Crippen LogP contribution is -2.04. The molecule has 0 saturated heterocycles. The van der Waals surface area contributed by atoms with Crippen LogP contribution in [0.15, 0.2) is 18.2 Å². The summed E-state index contributed by atoms with van der Waals surface area (Å²) in [6, 6.07) is 3.30. The molecule has 1 aromatic carbocycles. The summed E-state index contributed by atoms with van der Waals surface area (Å²) >= 11 is 4.04. The summed E-state index contributed by atoms with van der Waals surface area (Å²) in [5.74, 6) is -0.904. The van der Waals surface area contributed by atoms with E-state index >= 15 is 0 Å². The third-order valence-electron chi connectivity index (χ3n) is 1.14. The molecule has 0 aliphatic heterocycles. The van der Waals surface area contributed by atoms with Crippen molar-refractivity contribution in [3.05, 3.63) is 18.2 Å². The van der Waals surface area contributed by atoms with Crippen LogP contribution in [-0.4, -0.2) is 19.0 Å². The van der Waals surface area contributed by atoms with Crippen LogP contribution in [-0.2, 0) is 20.2 Å². The van der Waals surface area contributed by atoms with Crippen LogP contribution in [0.3, 0.4) is 0 Å². The Labute approximate surface area is 79.3 Å². The molecule has 0 heterocycles. The van der Waals surface area contributed by atoms with Crippen LogP contribution < -0.4 is 4.18 Å². The van der Waals surface area contributed by atoms with Gasteiger partial charge in [0.2, 0.25) is 0 Å². The molecule has 0 aromatic heterocycles. The summed E-state index contributed by atoms with van der Waals surface area (Å²) in [6.45, 7) is 0. The fourth-order valence-corrected chi connectivity index (χ4v) is 1.26. The normalized spacial score (nSPS) is 14.8. The molecule has 1 unspecified atom stereocenters. The van der Waals surface area contributed by atoms with E-state index in [-0.39, 0.29) is 17.2 Å². The van der Waals surface area contributed by atoms with Crippen LogP contribution >= 0.6 is 0 Å². The minimum absolute atomic E-state index is 0.202. The van der Waals surface area contributed by atoms with Gasteiger partial charge in [0, 0.05) is 6.07 Å². The predicted molar refractivity (Wildman–Crippen MR) is 48.5 cm³/mol. The highest BCUT2D eigenvalue weighted by Gasteiger charge is 2.08. The first-order chi connectivity index (χ1) is 5.88. The van der Waals surface area contributed by atoms with Gasteiger partial charge in [-0.2, -0.15) is 4.21 Å². The molecule has 1 atom stereocenters. The van der Waals surface area contributed by atoms with Gasteiger partial charge in [-0.15, -0.1) is 0 Å². The Morgan fingerprint density at radius 2 is 2.00 bits per heavy atom. The molecule has 0 radical (unpaired) electrons. The van der Waals surface area contributed by atoms with E-state index in [1.54, 1.807) is 0 Å². The third kappa shape index (κ3) is 3.05. The van der Waals surface area contributed by atoms with Gasteiger partial charge in [0.25, 0.3) is 0 Å². The highest BCUT2D eigenvalue weighted by molar-refractivity contribution is 8.27. The van der Waals surface area contributed by atoms with Crippen LogP contribution in [0.4, 0.5) is 0 Å². The number of benzene rings is 1. The molecular weight excluding hydrogens is 216 g/mol. The van der Waals surface area contributed by atoms with E-state index in [9.17, 15) is 4.21 Å². The molecule has 0 fully saturated rings. The fourth-order valence-electron chi connectivity index (χ4n) is 0.683. The number of hydrogen-bond acceptors (Lipinski definition) is 5. The lowest BCUT2D eigenvalue weighted by Gasteiger charge is -2.05.